The van der Waals surface area contributed by atoms with E-state index in [-0.39, 0.29) is 17.5 Å². The number of benzene rings is 1. The molecule has 0 aliphatic carbocycles. The molecule has 1 fully saturated rings. The molecule has 1 atom stereocenters. The molecule has 1 saturated heterocycles. The number of nitrogens with one attached hydrogen (secondary N) is 1. The number of nitrogens with zero attached hydrogens (tertiary/aromatic N) is 3. The topological polar surface area (TPSA) is 75.2 Å². The maximum Gasteiger partial charge on any atom is 0.152 e. The lowest BCUT2D eigenvalue weighted by atomic mass is 10.2. The summed E-state index contributed by atoms with van der Waals surface area (Å²) in [5, 5.41) is 3.99. The van der Waals surface area contributed by atoms with Crippen LogP contribution < -0.4 is 10.2 Å². The molecule has 140 valence electrons. The lowest BCUT2D eigenvalue weighted by Crippen LogP contribution is -2.37. The van der Waals surface area contributed by atoms with Crippen LogP contribution in [0.1, 0.15) is 24.7 Å². The second kappa shape index (κ2) is 7.40. The van der Waals surface area contributed by atoms with Crippen molar-refractivity contribution in [2.75, 3.05) is 28.3 Å². The van der Waals surface area contributed by atoms with E-state index < -0.39 is 9.84 Å². The van der Waals surface area contributed by atoms with Crippen molar-refractivity contribution < 1.29 is 8.42 Å². The van der Waals surface area contributed by atoms with Crippen LogP contribution in [0.4, 0.5) is 17.3 Å². The van der Waals surface area contributed by atoms with Crippen molar-refractivity contribution in [1.82, 2.24) is 9.97 Å². The van der Waals surface area contributed by atoms with Gasteiger partial charge in [0.2, 0.25) is 0 Å². The van der Waals surface area contributed by atoms with Crippen LogP contribution in [-0.4, -0.2) is 42.5 Å². The molecule has 8 heteroatoms. The third kappa shape index (κ3) is 4.10. The summed E-state index contributed by atoms with van der Waals surface area (Å²) in [5.41, 5.74) is 1.83. The van der Waals surface area contributed by atoms with Gasteiger partial charge in [0.05, 0.1) is 11.5 Å². The number of hydrogen-bond donors (Lipinski definition) is 1. The Hall–Kier alpha value is -1.86. The summed E-state index contributed by atoms with van der Waals surface area (Å²) < 4.78 is 23.7. The molecule has 1 aromatic heterocycles. The fourth-order valence-electron chi connectivity index (χ4n) is 3.27. The second-order valence-electron chi connectivity index (χ2n) is 6.54. The highest BCUT2D eigenvalue weighted by atomic mass is 35.5. The average Bonchev–Trinajstić information content (AvgIpc) is 2.92. The Kier molecular flexibility index (Phi) is 5.39. The van der Waals surface area contributed by atoms with Gasteiger partial charge in [-0.15, -0.1) is 0 Å². The van der Waals surface area contributed by atoms with E-state index in [0.717, 1.165) is 17.1 Å². The Morgan fingerprint density at radius 2 is 2.08 bits per heavy atom. The molecule has 0 saturated carbocycles. The lowest BCUT2D eigenvalue weighted by Gasteiger charge is -2.28. The van der Waals surface area contributed by atoms with Gasteiger partial charge < -0.3 is 10.2 Å². The largest absolute Gasteiger partial charge is 0.353 e. The highest BCUT2D eigenvalue weighted by Gasteiger charge is 2.32. The summed E-state index contributed by atoms with van der Waals surface area (Å²) >= 11 is 6.19. The molecule has 2 heterocycles. The minimum absolute atomic E-state index is 0.0416. The SMILES string of the molecule is CCN(c1cc(Nc2cccc(Cl)c2C)nc(C)n1)C1CCS(=O)(=O)C1. The van der Waals surface area contributed by atoms with Gasteiger partial charge in [0.15, 0.2) is 9.84 Å². The summed E-state index contributed by atoms with van der Waals surface area (Å²) in [6.07, 6.45) is 0.634. The van der Waals surface area contributed by atoms with Crippen LogP contribution in [0.3, 0.4) is 0 Å². The van der Waals surface area contributed by atoms with Crippen molar-refractivity contribution in [1.29, 1.82) is 0 Å². The molecule has 3 rings (SSSR count). The first kappa shape index (κ1) is 18.9. The number of rotatable bonds is 5. The summed E-state index contributed by atoms with van der Waals surface area (Å²) in [6.45, 7) is 6.48. The molecule has 1 aromatic carbocycles. The first-order valence-corrected chi connectivity index (χ1v) is 10.8. The van der Waals surface area contributed by atoms with Crippen LogP contribution >= 0.6 is 11.6 Å². The van der Waals surface area contributed by atoms with E-state index in [1.807, 2.05) is 45.0 Å². The molecule has 1 aliphatic heterocycles. The van der Waals surface area contributed by atoms with E-state index in [1.165, 1.54) is 0 Å². The molecule has 1 unspecified atom stereocenters. The van der Waals surface area contributed by atoms with Crippen LogP contribution in [0.5, 0.6) is 0 Å². The maximum absolute atomic E-state index is 11.9. The van der Waals surface area contributed by atoms with Gasteiger partial charge >= 0.3 is 0 Å². The Labute approximate surface area is 159 Å². The van der Waals surface area contributed by atoms with Crippen LogP contribution in [0.15, 0.2) is 24.3 Å². The normalized spacial score (nSPS) is 18.7. The van der Waals surface area contributed by atoms with E-state index in [2.05, 4.69) is 20.2 Å². The predicted molar refractivity (Wildman–Crippen MR) is 106 cm³/mol. The van der Waals surface area contributed by atoms with Gasteiger partial charge in [-0.25, -0.2) is 18.4 Å². The van der Waals surface area contributed by atoms with Gasteiger partial charge in [0.25, 0.3) is 0 Å². The molecular weight excluding hydrogens is 372 g/mol. The number of halogens is 1. The van der Waals surface area contributed by atoms with E-state index in [9.17, 15) is 8.42 Å². The molecule has 0 spiro atoms. The maximum atomic E-state index is 11.9. The van der Waals surface area contributed by atoms with Gasteiger partial charge in [-0.3, -0.25) is 0 Å². The smallest absolute Gasteiger partial charge is 0.152 e. The van der Waals surface area contributed by atoms with Crippen molar-refractivity contribution >= 4 is 38.8 Å². The van der Waals surface area contributed by atoms with Crippen molar-refractivity contribution in [3.63, 3.8) is 0 Å². The molecule has 1 N–H and O–H groups in total. The van der Waals surface area contributed by atoms with Gasteiger partial charge in [-0.1, -0.05) is 17.7 Å². The first-order chi connectivity index (χ1) is 12.3. The number of hydrogen-bond acceptors (Lipinski definition) is 6. The fraction of sp³-hybridized carbons (Fsp3) is 0.444. The van der Waals surface area contributed by atoms with Gasteiger partial charge in [0, 0.05) is 29.4 Å². The molecule has 0 radical (unpaired) electrons. The molecule has 0 bridgehead atoms. The molecule has 0 amide bonds. The Morgan fingerprint density at radius 3 is 2.73 bits per heavy atom. The van der Waals surface area contributed by atoms with Crippen molar-refractivity contribution in [3.8, 4) is 0 Å². The zero-order valence-corrected chi connectivity index (χ0v) is 16.7. The molecule has 26 heavy (non-hydrogen) atoms. The standard InChI is InChI=1S/C18H23ClN4O2S/c1-4-23(14-8-9-26(24,25)11-14)18-10-17(20-13(3)21-18)22-16-7-5-6-15(19)12(16)2/h5-7,10,14H,4,8-9,11H2,1-3H3,(H,20,21,22). The predicted octanol–water partition coefficient (Wildman–Crippen LogP) is 3.50. The number of anilines is 3. The average molecular weight is 395 g/mol. The minimum Gasteiger partial charge on any atom is -0.353 e. The molecule has 2 aromatic rings. The summed E-state index contributed by atoms with van der Waals surface area (Å²) in [7, 11) is -2.95. The van der Waals surface area contributed by atoms with E-state index in [0.29, 0.717) is 29.6 Å². The Bertz CT molecular complexity index is 917. The first-order valence-electron chi connectivity index (χ1n) is 8.64. The number of aryl methyl sites for hydroxylation is 1. The van der Waals surface area contributed by atoms with Crippen LogP contribution in [0.25, 0.3) is 0 Å². The second-order valence-corrected chi connectivity index (χ2v) is 9.17. The third-order valence-electron chi connectivity index (χ3n) is 4.64. The quantitative estimate of drug-likeness (QED) is 0.836. The van der Waals surface area contributed by atoms with Crippen LogP contribution in [0.2, 0.25) is 5.02 Å². The Morgan fingerprint density at radius 1 is 1.31 bits per heavy atom. The van der Waals surface area contributed by atoms with E-state index in [1.54, 1.807) is 0 Å². The highest BCUT2D eigenvalue weighted by molar-refractivity contribution is 7.91. The summed E-state index contributed by atoms with van der Waals surface area (Å²) in [4.78, 5) is 11.0. The number of sulfone groups is 1. The van der Waals surface area contributed by atoms with Crippen LogP contribution in [0, 0.1) is 13.8 Å². The lowest BCUT2D eigenvalue weighted by molar-refractivity contribution is 0.599. The highest BCUT2D eigenvalue weighted by Crippen LogP contribution is 2.28. The summed E-state index contributed by atoms with van der Waals surface area (Å²) in [6, 6.07) is 7.49. The minimum atomic E-state index is -2.95. The van der Waals surface area contributed by atoms with Gasteiger partial charge in [-0.05, 0) is 44.9 Å². The number of aromatic nitrogens is 2. The van der Waals surface area contributed by atoms with Crippen molar-refractivity contribution in [2.45, 2.75) is 33.2 Å². The van der Waals surface area contributed by atoms with Crippen molar-refractivity contribution in [3.05, 3.63) is 40.7 Å². The van der Waals surface area contributed by atoms with Crippen LogP contribution in [-0.2, 0) is 9.84 Å². The summed E-state index contributed by atoms with van der Waals surface area (Å²) in [5.74, 6) is 2.45. The molecule has 1 aliphatic rings. The van der Waals surface area contributed by atoms with Gasteiger partial charge in [-0.2, -0.15) is 0 Å². The van der Waals surface area contributed by atoms with Gasteiger partial charge in [0.1, 0.15) is 17.5 Å². The zero-order valence-electron chi connectivity index (χ0n) is 15.2. The molecule has 6 nitrogen and oxygen atoms in total. The third-order valence-corrected chi connectivity index (χ3v) is 6.80. The molecular formula is C18H23ClN4O2S. The fourth-order valence-corrected chi connectivity index (χ4v) is 5.18. The van der Waals surface area contributed by atoms with E-state index in [4.69, 9.17) is 11.6 Å². The zero-order chi connectivity index (χ0) is 18.9. The Balaban J connectivity index is 1.90. The van der Waals surface area contributed by atoms with E-state index >= 15 is 0 Å². The monoisotopic (exact) mass is 394 g/mol. The van der Waals surface area contributed by atoms with Crippen molar-refractivity contribution in [2.24, 2.45) is 0 Å².